The van der Waals surface area contributed by atoms with Crippen LogP contribution in [-0.4, -0.2) is 56.3 Å². The minimum absolute atomic E-state index is 0.00210. The molecule has 0 bridgehead atoms. The Morgan fingerprint density at radius 2 is 1.65 bits per heavy atom. The van der Waals surface area contributed by atoms with Crippen molar-refractivity contribution >= 4 is 35.0 Å². The molecule has 2 aliphatic rings. The predicted molar refractivity (Wildman–Crippen MR) is 121 cm³/mol. The van der Waals surface area contributed by atoms with E-state index in [-0.39, 0.29) is 28.4 Å². The van der Waals surface area contributed by atoms with Gasteiger partial charge in [0.2, 0.25) is 10.6 Å². The number of aryl methyl sites for hydroxylation is 2. The number of aromatic nitrogens is 4. The highest BCUT2D eigenvalue weighted by molar-refractivity contribution is 6.28. The van der Waals surface area contributed by atoms with Crippen LogP contribution in [0.1, 0.15) is 71.2 Å². The van der Waals surface area contributed by atoms with Crippen LogP contribution in [0.15, 0.2) is 0 Å². The van der Waals surface area contributed by atoms with Crippen LogP contribution in [0.4, 0.5) is 0 Å². The Kier molecular flexibility index (Phi) is 8.70. The quantitative estimate of drug-likeness (QED) is 0.645. The molecule has 4 rings (SSSR count). The molecule has 0 saturated heterocycles. The summed E-state index contributed by atoms with van der Waals surface area (Å²) in [7, 11) is 1.81. The van der Waals surface area contributed by atoms with E-state index in [1.54, 1.807) is 11.8 Å². The van der Waals surface area contributed by atoms with E-state index in [1.807, 2.05) is 34.7 Å². The van der Waals surface area contributed by atoms with E-state index < -0.39 is 0 Å². The standard InChI is InChI=1S/C11H14ClN3O.C8H8ClN3O.C2H6/c1-4-7-9-8(14-11(12)13-7)5-6(2)15(3)10(9)16;1-4-6-5(12-8(9)11-4)2-3-10-7(6)13;1-2/h6H,4-5H2,1-3H3;2-3H2,1H3,(H,10,13);1-2H3. The smallest absolute Gasteiger partial charge is 0.257 e. The summed E-state index contributed by atoms with van der Waals surface area (Å²) in [6.07, 6.45) is 2.16. The van der Waals surface area contributed by atoms with Crippen molar-refractivity contribution in [2.45, 2.75) is 59.9 Å². The lowest BCUT2D eigenvalue weighted by Gasteiger charge is -2.31. The van der Waals surface area contributed by atoms with Gasteiger partial charge in [0.25, 0.3) is 11.8 Å². The van der Waals surface area contributed by atoms with E-state index in [0.717, 1.165) is 29.9 Å². The number of rotatable bonds is 1. The SMILES string of the molecule is CC.CCc1nc(Cl)nc2c1C(=O)N(C)C(C)C2.Cc1nc(Cl)nc2c1C(=O)NCC2. The molecular weight excluding hydrogens is 439 g/mol. The summed E-state index contributed by atoms with van der Waals surface area (Å²) in [5.74, 6) is -0.0994. The van der Waals surface area contributed by atoms with Crippen LogP contribution in [0, 0.1) is 6.92 Å². The van der Waals surface area contributed by atoms with Gasteiger partial charge in [-0.1, -0.05) is 20.8 Å². The number of fused-ring (bicyclic) bond motifs is 2. The Labute approximate surface area is 192 Å². The lowest BCUT2D eigenvalue weighted by molar-refractivity contribution is 0.0716. The first-order valence-electron chi connectivity index (χ1n) is 10.4. The molecule has 2 amide bonds. The summed E-state index contributed by atoms with van der Waals surface area (Å²) in [5, 5.41) is 3.19. The lowest BCUT2D eigenvalue weighted by Crippen LogP contribution is -2.42. The maximum atomic E-state index is 12.1. The first-order valence-corrected chi connectivity index (χ1v) is 11.1. The number of amides is 2. The van der Waals surface area contributed by atoms with E-state index in [0.29, 0.717) is 29.8 Å². The molecule has 2 aromatic rings. The van der Waals surface area contributed by atoms with Crippen LogP contribution in [0.25, 0.3) is 0 Å². The molecule has 1 atom stereocenters. The van der Waals surface area contributed by atoms with Gasteiger partial charge < -0.3 is 10.2 Å². The Bertz CT molecular complexity index is 983. The Morgan fingerprint density at radius 1 is 1.03 bits per heavy atom. The number of nitrogens with zero attached hydrogens (tertiary/aromatic N) is 5. The van der Waals surface area contributed by atoms with Crippen molar-refractivity contribution in [2.24, 2.45) is 0 Å². The maximum absolute atomic E-state index is 12.1. The zero-order valence-electron chi connectivity index (χ0n) is 18.7. The second kappa shape index (κ2) is 10.8. The molecule has 10 heteroatoms. The van der Waals surface area contributed by atoms with Gasteiger partial charge in [-0.3, -0.25) is 9.59 Å². The van der Waals surface area contributed by atoms with Gasteiger partial charge in [0.1, 0.15) is 0 Å². The highest BCUT2D eigenvalue weighted by Gasteiger charge is 2.31. The zero-order valence-corrected chi connectivity index (χ0v) is 20.2. The molecule has 4 heterocycles. The number of halogens is 2. The average Bonchev–Trinajstić information content (AvgIpc) is 2.73. The van der Waals surface area contributed by atoms with Crippen molar-refractivity contribution < 1.29 is 9.59 Å². The van der Waals surface area contributed by atoms with Crippen molar-refractivity contribution in [3.8, 4) is 0 Å². The minimum Gasteiger partial charge on any atom is -0.352 e. The maximum Gasteiger partial charge on any atom is 0.257 e. The second-order valence-corrected chi connectivity index (χ2v) is 7.67. The van der Waals surface area contributed by atoms with Crippen molar-refractivity contribution in [1.29, 1.82) is 0 Å². The van der Waals surface area contributed by atoms with Crippen LogP contribution < -0.4 is 5.32 Å². The van der Waals surface area contributed by atoms with Crippen molar-refractivity contribution in [3.05, 3.63) is 44.5 Å². The second-order valence-electron chi connectivity index (χ2n) is 6.99. The van der Waals surface area contributed by atoms with Crippen molar-refractivity contribution in [1.82, 2.24) is 30.2 Å². The van der Waals surface area contributed by atoms with Gasteiger partial charge in [0, 0.05) is 32.5 Å². The molecule has 168 valence electrons. The van der Waals surface area contributed by atoms with E-state index in [4.69, 9.17) is 23.2 Å². The first-order chi connectivity index (χ1) is 14.7. The average molecular weight is 467 g/mol. The van der Waals surface area contributed by atoms with E-state index in [1.165, 1.54) is 0 Å². The third-order valence-corrected chi connectivity index (χ3v) is 5.40. The zero-order chi connectivity index (χ0) is 23.3. The fourth-order valence-corrected chi connectivity index (χ4v) is 3.86. The molecule has 8 nitrogen and oxygen atoms in total. The summed E-state index contributed by atoms with van der Waals surface area (Å²) in [4.78, 5) is 41.5. The topological polar surface area (TPSA) is 101 Å². The van der Waals surface area contributed by atoms with Gasteiger partial charge in [-0.25, -0.2) is 19.9 Å². The van der Waals surface area contributed by atoms with Crippen molar-refractivity contribution in [2.75, 3.05) is 13.6 Å². The van der Waals surface area contributed by atoms with Gasteiger partial charge in [0.15, 0.2) is 0 Å². The summed E-state index contributed by atoms with van der Waals surface area (Å²) in [6, 6.07) is 0.163. The molecular formula is C21H28Cl2N6O2. The molecule has 0 fully saturated rings. The van der Waals surface area contributed by atoms with E-state index >= 15 is 0 Å². The Balaban J connectivity index is 0.000000208. The molecule has 0 aliphatic carbocycles. The monoisotopic (exact) mass is 466 g/mol. The summed E-state index contributed by atoms with van der Waals surface area (Å²) < 4.78 is 0. The number of carbonyl (C=O) groups is 2. The van der Waals surface area contributed by atoms with E-state index in [2.05, 4.69) is 25.3 Å². The molecule has 0 radical (unpaired) electrons. The first kappa shape index (κ1) is 24.9. The minimum atomic E-state index is -0.101. The van der Waals surface area contributed by atoms with Crippen LogP contribution in [0.2, 0.25) is 10.6 Å². The number of carbonyl (C=O) groups excluding carboxylic acids is 2. The number of likely N-dealkylation sites (N-methyl/N-ethyl adjacent to an activating group) is 1. The van der Waals surface area contributed by atoms with Gasteiger partial charge in [-0.15, -0.1) is 0 Å². The Morgan fingerprint density at radius 3 is 2.29 bits per heavy atom. The van der Waals surface area contributed by atoms with Crippen LogP contribution >= 0.6 is 23.2 Å². The third kappa shape index (κ3) is 5.49. The molecule has 2 aliphatic heterocycles. The van der Waals surface area contributed by atoms with Crippen LogP contribution in [0.3, 0.4) is 0 Å². The third-order valence-electron chi connectivity index (χ3n) is 5.06. The van der Waals surface area contributed by atoms with Gasteiger partial charge in [-0.2, -0.15) is 0 Å². The van der Waals surface area contributed by atoms with Gasteiger partial charge >= 0.3 is 0 Å². The van der Waals surface area contributed by atoms with Crippen LogP contribution in [0.5, 0.6) is 0 Å². The molecule has 0 saturated carbocycles. The molecule has 31 heavy (non-hydrogen) atoms. The largest absolute Gasteiger partial charge is 0.352 e. The molecule has 0 spiro atoms. The van der Waals surface area contributed by atoms with Crippen LogP contribution in [-0.2, 0) is 19.3 Å². The molecule has 1 unspecified atom stereocenters. The fourth-order valence-electron chi connectivity index (χ4n) is 3.42. The van der Waals surface area contributed by atoms with Crippen molar-refractivity contribution in [3.63, 3.8) is 0 Å². The number of hydrogen-bond donors (Lipinski definition) is 1. The lowest BCUT2D eigenvalue weighted by atomic mass is 9.97. The summed E-state index contributed by atoms with van der Waals surface area (Å²) in [6.45, 7) is 10.3. The molecule has 1 N–H and O–H groups in total. The van der Waals surface area contributed by atoms with Gasteiger partial charge in [-0.05, 0) is 43.5 Å². The van der Waals surface area contributed by atoms with E-state index in [9.17, 15) is 9.59 Å². The van der Waals surface area contributed by atoms with Gasteiger partial charge in [0.05, 0.1) is 33.9 Å². The highest BCUT2D eigenvalue weighted by Crippen LogP contribution is 2.24. The Hall–Kier alpha value is -2.32. The number of nitrogens with one attached hydrogen (secondary N) is 1. The fraction of sp³-hybridized carbons (Fsp3) is 0.524. The highest BCUT2D eigenvalue weighted by atomic mass is 35.5. The molecule has 0 aromatic carbocycles. The predicted octanol–water partition coefficient (Wildman–Crippen LogP) is 3.46. The summed E-state index contributed by atoms with van der Waals surface area (Å²) in [5.41, 5.74) is 4.16. The molecule has 2 aromatic heterocycles. The normalized spacial score (nSPS) is 16.8. The summed E-state index contributed by atoms with van der Waals surface area (Å²) >= 11 is 11.5. The number of hydrogen-bond acceptors (Lipinski definition) is 6.